The summed E-state index contributed by atoms with van der Waals surface area (Å²) in [5, 5.41) is 0. The molecule has 0 bridgehead atoms. The van der Waals surface area contributed by atoms with Crippen molar-refractivity contribution in [3.8, 4) is 33.8 Å². The highest BCUT2D eigenvalue weighted by Crippen LogP contribution is 2.62. The molecule has 2 aliphatic heterocycles. The summed E-state index contributed by atoms with van der Waals surface area (Å²) < 4.78 is 6.55. The molecule has 7 aromatic carbocycles. The fourth-order valence-corrected chi connectivity index (χ4v) is 9.00. The molecule has 3 aliphatic rings. The van der Waals surface area contributed by atoms with Gasteiger partial charge in [0, 0.05) is 27.6 Å². The summed E-state index contributed by atoms with van der Waals surface area (Å²) in [4.78, 5) is 4.95. The number of ether oxygens (including phenoxy) is 1. The van der Waals surface area contributed by atoms with Gasteiger partial charge in [-0.15, -0.1) is 0 Å². The normalized spacial score (nSPS) is 15.1. The Balaban J connectivity index is 1.27. The molecule has 7 aromatic rings. The Morgan fingerprint density at radius 1 is 0.471 bits per heavy atom. The summed E-state index contributed by atoms with van der Waals surface area (Å²) in [6, 6.07) is 57.4. The quantitative estimate of drug-likeness (QED) is 0.187. The second-order valence-corrected chi connectivity index (χ2v) is 15.0. The molecule has 0 saturated carbocycles. The topological polar surface area (TPSA) is 15.7 Å². The smallest absolute Gasteiger partial charge is 0.151 e. The molecule has 0 spiro atoms. The maximum Gasteiger partial charge on any atom is 0.151 e. The molecule has 2 heterocycles. The zero-order valence-electron chi connectivity index (χ0n) is 29.3. The van der Waals surface area contributed by atoms with Gasteiger partial charge in [0.1, 0.15) is 0 Å². The van der Waals surface area contributed by atoms with E-state index in [4.69, 9.17) is 4.74 Å². The van der Waals surface area contributed by atoms with Crippen molar-refractivity contribution in [1.82, 2.24) is 0 Å². The molecule has 3 heteroatoms. The molecular weight excluding hydrogens is 621 g/mol. The maximum absolute atomic E-state index is 6.55. The average Bonchev–Trinajstić information content (AvgIpc) is 3.39. The molecule has 0 aromatic heterocycles. The van der Waals surface area contributed by atoms with Crippen LogP contribution in [-0.2, 0) is 10.8 Å². The highest BCUT2D eigenvalue weighted by atomic mass is 16.5. The van der Waals surface area contributed by atoms with Crippen molar-refractivity contribution in [2.75, 3.05) is 9.80 Å². The second-order valence-electron chi connectivity index (χ2n) is 15.0. The van der Waals surface area contributed by atoms with Crippen LogP contribution < -0.4 is 14.5 Å². The fraction of sp³-hybridized carbons (Fsp3) is 0.125. The number of nitrogens with zero attached hydrogens (tertiary/aromatic N) is 2. The maximum atomic E-state index is 6.55. The van der Waals surface area contributed by atoms with E-state index in [9.17, 15) is 0 Å². The van der Waals surface area contributed by atoms with Gasteiger partial charge in [-0.3, -0.25) is 0 Å². The zero-order valence-corrected chi connectivity index (χ0v) is 29.3. The summed E-state index contributed by atoms with van der Waals surface area (Å²) in [6.45, 7) is 9.46. The Morgan fingerprint density at radius 3 is 1.96 bits per heavy atom. The Morgan fingerprint density at radius 2 is 1.10 bits per heavy atom. The lowest BCUT2D eigenvalue weighted by Gasteiger charge is -2.46. The van der Waals surface area contributed by atoms with E-state index in [1.54, 1.807) is 0 Å². The molecular formula is C48H38N2O. The second kappa shape index (κ2) is 10.7. The first kappa shape index (κ1) is 29.8. The van der Waals surface area contributed by atoms with Crippen molar-refractivity contribution in [1.29, 1.82) is 0 Å². The summed E-state index contributed by atoms with van der Waals surface area (Å²) >= 11 is 0. The number of anilines is 6. The average molecular weight is 659 g/mol. The van der Waals surface area contributed by atoms with E-state index < -0.39 is 0 Å². The van der Waals surface area contributed by atoms with Crippen LogP contribution in [0.2, 0.25) is 0 Å². The molecule has 0 amide bonds. The van der Waals surface area contributed by atoms with Crippen LogP contribution in [0.1, 0.15) is 49.9 Å². The SMILES string of the molecule is CC1(C)c2ccccc2-c2ccc(N(c3ccccc3-c3ccccc3)c3cccc4c3C(C)(C)c3cccc5c3N4c3ccccc3O5)cc21. The molecule has 0 unspecified atom stereocenters. The van der Waals surface area contributed by atoms with Crippen LogP contribution in [-0.4, -0.2) is 0 Å². The minimum Gasteiger partial charge on any atom is -0.453 e. The van der Waals surface area contributed by atoms with Crippen LogP contribution in [0.15, 0.2) is 158 Å². The molecule has 0 fully saturated rings. The fourth-order valence-electron chi connectivity index (χ4n) is 9.00. The third-order valence-corrected chi connectivity index (χ3v) is 11.4. The predicted octanol–water partition coefficient (Wildman–Crippen LogP) is 13.3. The van der Waals surface area contributed by atoms with Crippen molar-refractivity contribution in [3.05, 3.63) is 180 Å². The van der Waals surface area contributed by atoms with Gasteiger partial charge in [-0.2, -0.15) is 0 Å². The lowest BCUT2D eigenvalue weighted by Crippen LogP contribution is -2.34. The standard InChI is InChI=1S/C48H38N2O/c1-47(2)36-20-10-8-19-34(36)35-29-28-32(30-38(35)47)49(39-22-11-9-18-33(39)31-16-6-5-7-17-31)41-24-15-25-42-45(41)48(3,4)37-21-14-27-44-46(37)50(42)40-23-12-13-26-43(40)51-44/h5-30H,1-4H3. The van der Waals surface area contributed by atoms with E-state index >= 15 is 0 Å². The van der Waals surface area contributed by atoms with E-state index in [0.717, 1.165) is 39.9 Å². The minimum atomic E-state index is -0.352. The predicted molar refractivity (Wildman–Crippen MR) is 211 cm³/mol. The summed E-state index contributed by atoms with van der Waals surface area (Å²) in [6.07, 6.45) is 0. The molecule has 0 saturated heterocycles. The van der Waals surface area contributed by atoms with E-state index in [2.05, 4.69) is 195 Å². The van der Waals surface area contributed by atoms with E-state index in [0.29, 0.717) is 0 Å². The van der Waals surface area contributed by atoms with E-state index in [1.165, 1.54) is 50.2 Å². The van der Waals surface area contributed by atoms with Gasteiger partial charge in [-0.1, -0.05) is 137 Å². The van der Waals surface area contributed by atoms with Gasteiger partial charge in [-0.05, 0) is 81.9 Å². The first-order chi connectivity index (χ1) is 24.8. The number of hydrogen-bond acceptors (Lipinski definition) is 3. The van der Waals surface area contributed by atoms with Crippen LogP contribution in [0.3, 0.4) is 0 Å². The Labute approximate surface area is 300 Å². The highest BCUT2D eigenvalue weighted by Gasteiger charge is 2.44. The third kappa shape index (κ3) is 4.18. The van der Waals surface area contributed by atoms with Crippen LogP contribution >= 0.6 is 0 Å². The van der Waals surface area contributed by atoms with E-state index in [1.807, 2.05) is 0 Å². The molecule has 51 heavy (non-hydrogen) atoms. The van der Waals surface area contributed by atoms with Gasteiger partial charge in [0.05, 0.1) is 28.4 Å². The summed E-state index contributed by atoms with van der Waals surface area (Å²) in [5.41, 5.74) is 16.6. The molecule has 0 radical (unpaired) electrons. The van der Waals surface area contributed by atoms with Gasteiger partial charge in [0.25, 0.3) is 0 Å². The van der Waals surface area contributed by atoms with Gasteiger partial charge in [-0.25, -0.2) is 0 Å². The van der Waals surface area contributed by atoms with Gasteiger partial charge in [0.2, 0.25) is 0 Å². The summed E-state index contributed by atoms with van der Waals surface area (Å²) in [7, 11) is 0. The third-order valence-electron chi connectivity index (χ3n) is 11.4. The molecule has 1 aliphatic carbocycles. The molecule has 10 rings (SSSR count). The number of rotatable bonds is 4. The summed E-state index contributed by atoms with van der Waals surface area (Å²) in [5.74, 6) is 1.76. The van der Waals surface area contributed by atoms with Crippen LogP contribution in [0.25, 0.3) is 22.3 Å². The monoisotopic (exact) mass is 658 g/mol. The highest BCUT2D eigenvalue weighted by molar-refractivity contribution is 5.98. The minimum absolute atomic E-state index is 0.130. The van der Waals surface area contributed by atoms with E-state index in [-0.39, 0.29) is 10.8 Å². The number of para-hydroxylation sites is 4. The molecule has 0 atom stereocenters. The Bertz CT molecular complexity index is 2530. The number of benzene rings is 7. The number of fused-ring (bicyclic) bond motifs is 7. The van der Waals surface area contributed by atoms with Crippen LogP contribution in [0, 0.1) is 0 Å². The first-order valence-electron chi connectivity index (χ1n) is 17.9. The molecule has 0 N–H and O–H groups in total. The Kier molecular flexibility index (Phi) is 6.27. The van der Waals surface area contributed by atoms with Crippen LogP contribution in [0.5, 0.6) is 11.5 Å². The van der Waals surface area contributed by atoms with Crippen molar-refractivity contribution >= 4 is 34.1 Å². The van der Waals surface area contributed by atoms with Crippen molar-refractivity contribution in [3.63, 3.8) is 0 Å². The lowest BCUT2D eigenvalue weighted by atomic mass is 9.72. The van der Waals surface area contributed by atoms with Crippen molar-refractivity contribution in [2.45, 2.75) is 38.5 Å². The van der Waals surface area contributed by atoms with Crippen molar-refractivity contribution < 1.29 is 4.74 Å². The Hall–Kier alpha value is -6.06. The van der Waals surface area contributed by atoms with Gasteiger partial charge < -0.3 is 14.5 Å². The zero-order chi connectivity index (χ0) is 34.5. The largest absolute Gasteiger partial charge is 0.453 e. The lowest BCUT2D eigenvalue weighted by molar-refractivity contribution is 0.471. The molecule has 3 nitrogen and oxygen atoms in total. The number of hydrogen-bond donors (Lipinski definition) is 0. The van der Waals surface area contributed by atoms with Gasteiger partial charge in [0.15, 0.2) is 11.5 Å². The molecule has 246 valence electrons. The van der Waals surface area contributed by atoms with Crippen LogP contribution in [0.4, 0.5) is 34.1 Å². The first-order valence-corrected chi connectivity index (χ1v) is 17.9. The van der Waals surface area contributed by atoms with Crippen molar-refractivity contribution in [2.24, 2.45) is 0 Å². The van der Waals surface area contributed by atoms with Gasteiger partial charge >= 0.3 is 0 Å².